The zero-order chi connectivity index (χ0) is 15.8. The summed E-state index contributed by atoms with van der Waals surface area (Å²) in [7, 11) is -2.17. The van der Waals surface area contributed by atoms with Crippen LogP contribution in [0.2, 0.25) is 0 Å². The average molecular weight is 378 g/mol. The number of hydrogen-bond acceptors (Lipinski definition) is 4. The number of benzene rings is 1. The lowest BCUT2D eigenvalue weighted by atomic mass is 10.1. The maximum atomic E-state index is 12.9. The highest BCUT2D eigenvalue weighted by Gasteiger charge is 2.39. The van der Waals surface area contributed by atoms with Crippen molar-refractivity contribution in [2.75, 3.05) is 20.2 Å². The van der Waals surface area contributed by atoms with Crippen LogP contribution in [-0.2, 0) is 14.8 Å². The highest BCUT2D eigenvalue weighted by molar-refractivity contribution is 9.10. The van der Waals surface area contributed by atoms with E-state index in [-0.39, 0.29) is 11.0 Å². The van der Waals surface area contributed by atoms with Crippen LogP contribution in [0.5, 0.6) is 5.75 Å². The summed E-state index contributed by atoms with van der Waals surface area (Å²) in [6.45, 7) is 6.31. The lowest BCUT2D eigenvalue weighted by Crippen LogP contribution is -2.53. The number of halogens is 1. The Morgan fingerprint density at radius 3 is 2.67 bits per heavy atom. The molecule has 0 bridgehead atoms. The molecule has 1 aromatic carbocycles. The van der Waals surface area contributed by atoms with Gasteiger partial charge in [0.15, 0.2) is 0 Å². The number of ether oxygens (including phenoxy) is 2. The second kappa shape index (κ2) is 5.87. The van der Waals surface area contributed by atoms with Crippen LogP contribution in [-0.4, -0.2) is 44.6 Å². The quantitative estimate of drug-likeness (QED) is 0.812. The minimum absolute atomic E-state index is 0.151. The van der Waals surface area contributed by atoms with Crippen LogP contribution in [0.4, 0.5) is 0 Å². The van der Waals surface area contributed by atoms with Gasteiger partial charge in [0, 0.05) is 17.6 Å². The van der Waals surface area contributed by atoms with Gasteiger partial charge in [0.25, 0.3) is 0 Å². The lowest BCUT2D eigenvalue weighted by Gasteiger charge is -2.41. The topological polar surface area (TPSA) is 55.8 Å². The molecule has 7 heteroatoms. The second-order valence-electron chi connectivity index (χ2n) is 5.78. The van der Waals surface area contributed by atoms with Crippen LogP contribution in [0, 0.1) is 0 Å². The molecule has 1 heterocycles. The van der Waals surface area contributed by atoms with E-state index in [2.05, 4.69) is 15.9 Å². The van der Waals surface area contributed by atoms with Crippen molar-refractivity contribution in [2.45, 2.75) is 37.4 Å². The molecule has 1 aromatic rings. The van der Waals surface area contributed by atoms with E-state index >= 15 is 0 Å². The predicted molar refractivity (Wildman–Crippen MR) is 84.1 cm³/mol. The van der Waals surface area contributed by atoms with Crippen molar-refractivity contribution in [3.05, 3.63) is 22.7 Å². The molecule has 0 amide bonds. The molecule has 21 heavy (non-hydrogen) atoms. The molecule has 0 spiro atoms. The SMILES string of the molecule is COc1ccc(Br)cc1S(=O)(=O)N1CC(C)OC(C)(C)C1. The molecule has 1 saturated heterocycles. The molecule has 1 atom stereocenters. The summed E-state index contributed by atoms with van der Waals surface area (Å²) in [5.41, 5.74) is -0.510. The summed E-state index contributed by atoms with van der Waals surface area (Å²) >= 11 is 3.31. The third-order valence-corrected chi connectivity index (χ3v) is 5.61. The summed E-state index contributed by atoms with van der Waals surface area (Å²) in [5.74, 6) is 0.343. The summed E-state index contributed by atoms with van der Waals surface area (Å²) in [6, 6.07) is 4.97. The van der Waals surface area contributed by atoms with Gasteiger partial charge in [0.1, 0.15) is 10.6 Å². The third-order valence-electron chi connectivity index (χ3n) is 3.28. The van der Waals surface area contributed by atoms with Crippen molar-refractivity contribution in [1.82, 2.24) is 4.31 Å². The first-order valence-electron chi connectivity index (χ1n) is 6.67. The first kappa shape index (κ1) is 16.7. The van der Waals surface area contributed by atoms with Gasteiger partial charge in [-0.25, -0.2) is 8.42 Å². The standard InChI is InChI=1S/C14H20BrNO4S/c1-10-8-16(9-14(2,3)20-10)21(17,18)13-7-11(15)5-6-12(13)19-4/h5-7,10H,8-9H2,1-4H3. The van der Waals surface area contributed by atoms with Crippen molar-refractivity contribution in [3.63, 3.8) is 0 Å². The van der Waals surface area contributed by atoms with Crippen LogP contribution >= 0.6 is 15.9 Å². The van der Waals surface area contributed by atoms with Crippen molar-refractivity contribution >= 4 is 26.0 Å². The van der Waals surface area contributed by atoms with E-state index in [1.165, 1.54) is 11.4 Å². The Labute approximate surface area is 134 Å². The fraction of sp³-hybridized carbons (Fsp3) is 0.571. The van der Waals surface area contributed by atoms with E-state index in [1.807, 2.05) is 20.8 Å². The van der Waals surface area contributed by atoms with Gasteiger partial charge in [-0.05, 0) is 39.0 Å². The van der Waals surface area contributed by atoms with Crippen molar-refractivity contribution in [2.24, 2.45) is 0 Å². The molecule has 2 rings (SSSR count). The number of sulfonamides is 1. The Morgan fingerprint density at radius 2 is 2.10 bits per heavy atom. The average Bonchev–Trinajstić information content (AvgIpc) is 2.36. The number of rotatable bonds is 3. The molecule has 118 valence electrons. The molecule has 5 nitrogen and oxygen atoms in total. The monoisotopic (exact) mass is 377 g/mol. The maximum Gasteiger partial charge on any atom is 0.246 e. The Bertz CT molecular complexity index is 630. The zero-order valence-corrected chi connectivity index (χ0v) is 15.0. The fourth-order valence-electron chi connectivity index (χ4n) is 2.57. The predicted octanol–water partition coefficient (Wildman–Crippen LogP) is 2.65. The minimum Gasteiger partial charge on any atom is -0.495 e. The van der Waals surface area contributed by atoms with Gasteiger partial charge < -0.3 is 9.47 Å². The van der Waals surface area contributed by atoms with Crippen LogP contribution in [0.25, 0.3) is 0 Å². The van der Waals surface area contributed by atoms with Gasteiger partial charge in [-0.1, -0.05) is 15.9 Å². The molecular weight excluding hydrogens is 358 g/mol. The highest BCUT2D eigenvalue weighted by atomic mass is 79.9. The van der Waals surface area contributed by atoms with E-state index in [4.69, 9.17) is 9.47 Å². The van der Waals surface area contributed by atoms with Gasteiger partial charge in [0.05, 0.1) is 18.8 Å². The summed E-state index contributed by atoms with van der Waals surface area (Å²) < 4.78 is 39.0. The zero-order valence-electron chi connectivity index (χ0n) is 12.6. The van der Waals surface area contributed by atoms with Gasteiger partial charge >= 0.3 is 0 Å². The molecule has 1 aliphatic rings. The lowest BCUT2D eigenvalue weighted by molar-refractivity contribution is -0.109. The fourth-order valence-corrected chi connectivity index (χ4v) is 4.93. The molecule has 0 N–H and O–H groups in total. The first-order chi connectivity index (χ1) is 9.65. The second-order valence-corrected chi connectivity index (χ2v) is 8.60. The summed E-state index contributed by atoms with van der Waals surface area (Å²) in [6.07, 6.45) is -0.151. The molecule has 0 radical (unpaired) electrons. The Hall–Kier alpha value is -0.630. The van der Waals surface area contributed by atoms with E-state index in [0.717, 1.165) is 0 Å². The van der Waals surface area contributed by atoms with E-state index in [0.29, 0.717) is 23.3 Å². The normalized spacial score (nSPS) is 23.0. The van der Waals surface area contributed by atoms with E-state index in [1.54, 1.807) is 18.2 Å². The molecule has 0 saturated carbocycles. The van der Waals surface area contributed by atoms with Crippen molar-refractivity contribution in [3.8, 4) is 5.75 Å². The van der Waals surface area contributed by atoms with Crippen molar-refractivity contribution in [1.29, 1.82) is 0 Å². The first-order valence-corrected chi connectivity index (χ1v) is 8.90. The van der Waals surface area contributed by atoms with Crippen LogP contribution in [0.1, 0.15) is 20.8 Å². The van der Waals surface area contributed by atoms with Gasteiger partial charge in [0.2, 0.25) is 10.0 Å². The maximum absolute atomic E-state index is 12.9. The summed E-state index contributed by atoms with van der Waals surface area (Å²) in [5, 5.41) is 0. The number of morpholine rings is 1. The van der Waals surface area contributed by atoms with Crippen molar-refractivity contribution < 1.29 is 17.9 Å². The Kier molecular flexibility index (Phi) is 4.68. The molecule has 0 aliphatic carbocycles. The minimum atomic E-state index is -3.63. The number of nitrogens with zero attached hydrogens (tertiary/aromatic N) is 1. The van der Waals surface area contributed by atoms with Crippen LogP contribution in [0.15, 0.2) is 27.6 Å². The third kappa shape index (κ3) is 3.59. The van der Waals surface area contributed by atoms with E-state index < -0.39 is 15.6 Å². The highest BCUT2D eigenvalue weighted by Crippen LogP contribution is 2.32. The van der Waals surface area contributed by atoms with Gasteiger partial charge in [-0.3, -0.25) is 0 Å². The van der Waals surface area contributed by atoms with Crippen LogP contribution in [0.3, 0.4) is 0 Å². The van der Waals surface area contributed by atoms with Gasteiger partial charge in [-0.15, -0.1) is 0 Å². The Morgan fingerprint density at radius 1 is 1.43 bits per heavy atom. The molecular formula is C14H20BrNO4S. The largest absolute Gasteiger partial charge is 0.495 e. The summed E-state index contributed by atoms with van der Waals surface area (Å²) in [4.78, 5) is 0.171. The molecule has 0 aromatic heterocycles. The van der Waals surface area contributed by atoms with Crippen LogP contribution < -0.4 is 4.74 Å². The molecule has 1 unspecified atom stereocenters. The number of methoxy groups -OCH3 is 1. The molecule has 1 aliphatic heterocycles. The Balaban J connectivity index is 2.45. The van der Waals surface area contributed by atoms with Gasteiger partial charge in [-0.2, -0.15) is 4.31 Å². The molecule has 1 fully saturated rings. The number of hydrogen-bond donors (Lipinski definition) is 0. The van der Waals surface area contributed by atoms with E-state index in [9.17, 15) is 8.42 Å². The smallest absolute Gasteiger partial charge is 0.246 e.